The number of carbonyl (C=O) groups is 1. The van der Waals surface area contributed by atoms with Gasteiger partial charge >= 0.3 is 0 Å². The Kier molecular flexibility index (Phi) is 6.13. The molecule has 1 aliphatic rings. The quantitative estimate of drug-likeness (QED) is 0.871. The van der Waals surface area contributed by atoms with E-state index in [1.165, 1.54) is 18.2 Å². The van der Waals surface area contributed by atoms with Crippen molar-refractivity contribution in [2.24, 2.45) is 0 Å². The van der Waals surface area contributed by atoms with Crippen LogP contribution in [0.15, 0.2) is 42.5 Å². The first kappa shape index (κ1) is 19.4. The van der Waals surface area contributed by atoms with Crippen LogP contribution in [0.1, 0.15) is 22.0 Å². The monoisotopic (exact) mass is 377 g/mol. The summed E-state index contributed by atoms with van der Waals surface area (Å²) in [6.07, 6.45) is 0. The van der Waals surface area contributed by atoms with Crippen molar-refractivity contribution in [3.8, 4) is 0 Å². The molecular weight excluding hydrogens is 355 g/mol. The maximum atomic E-state index is 13.4. The van der Waals surface area contributed by atoms with Crippen LogP contribution in [-0.2, 0) is 0 Å². The largest absolute Gasteiger partial charge is 0.350 e. The van der Waals surface area contributed by atoms with Crippen molar-refractivity contribution >= 4 is 5.91 Å². The number of rotatable bonds is 5. The van der Waals surface area contributed by atoms with Gasteiger partial charge in [-0.25, -0.2) is 13.2 Å². The highest BCUT2D eigenvalue weighted by atomic mass is 19.2. The third-order valence-electron chi connectivity index (χ3n) is 4.87. The summed E-state index contributed by atoms with van der Waals surface area (Å²) in [5.74, 6) is -2.85. The molecule has 0 aliphatic carbocycles. The number of nitrogens with one attached hydrogen (secondary N) is 1. The molecular formula is C20H22F3N3O. The molecule has 1 aliphatic heterocycles. The van der Waals surface area contributed by atoms with Gasteiger partial charge in [0.05, 0.1) is 6.04 Å². The van der Waals surface area contributed by atoms with Gasteiger partial charge in [0.15, 0.2) is 11.6 Å². The summed E-state index contributed by atoms with van der Waals surface area (Å²) in [7, 11) is 2.05. The highest BCUT2D eigenvalue weighted by molar-refractivity contribution is 5.94. The van der Waals surface area contributed by atoms with E-state index in [4.69, 9.17) is 0 Å². The second-order valence-corrected chi connectivity index (χ2v) is 6.75. The van der Waals surface area contributed by atoms with E-state index in [9.17, 15) is 18.0 Å². The predicted molar refractivity (Wildman–Crippen MR) is 96.9 cm³/mol. The number of halogens is 3. The normalized spacial score (nSPS) is 16.9. The van der Waals surface area contributed by atoms with Crippen LogP contribution in [0.3, 0.4) is 0 Å². The number of carbonyl (C=O) groups excluding carboxylic acids is 1. The highest BCUT2D eigenvalue weighted by Crippen LogP contribution is 2.22. The van der Waals surface area contributed by atoms with Gasteiger partial charge in [-0.3, -0.25) is 9.69 Å². The smallest absolute Gasteiger partial charge is 0.251 e. The predicted octanol–water partition coefficient (Wildman–Crippen LogP) is 2.82. The van der Waals surface area contributed by atoms with E-state index >= 15 is 0 Å². The van der Waals surface area contributed by atoms with Gasteiger partial charge in [0, 0.05) is 38.3 Å². The lowest BCUT2D eigenvalue weighted by molar-refractivity contribution is 0.0885. The number of amides is 1. The highest BCUT2D eigenvalue weighted by Gasteiger charge is 2.24. The fourth-order valence-corrected chi connectivity index (χ4v) is 3.21. The summed E-state index contributed by atoms with van der Waals surface area (Å²) < 4.78 is 39.7. The Morgan fingerprint density at radius 3 is 2.30 bits per heavy atom. The lowest BCUT2D eigenvalue weighted by Gasteiger charge is -2.38. The van der Waals surface area contributed by atoms with Crippen LogP contribution >= 0.6 is 0 Å². The summed E-state index contributed by atoms with van der Waals surface area (Å²) in [6, 6.07) is 9.15. The van der Waals surface area contributed by atoms with Gasteiger partial charge in [0.25, 0.3) is 5.91 Å². The lowest BCUT2D eigenvalue weighted by Crippen LogP contribution is -2.48. The molecule has 144 valence electrons. The number of hydrogen-bond donors (Lipinski definition) is 1. The Hall–Kier alpha value is -2.38. The lowest BCUT2D eigenvalue weighted by atomic mass is 10.0. The number of piperazine rings is 1. The molecule has 4 nitrogen and oxygen atoms in total. The van der Waals surface area contributed by atoms with Crippen LogP contribution < -0.4 is 5.32 Å². The fraction of sp³-hybridized carbons (Fsp3) is 0.350. The van der Waals surface area contributed by atoms with Crippen LogP contribution in [-0.4, -0.2) is 55.5 Å². The van der Waals surface area contributed by atoms with Crippen molar-refractivity contribution in [2.75, 3.05) is 39.8 Å². The minimum atomic E-state index is -1.06. The molecule has 0 aromatic heterocycles. The van der Waals surface area contributed by atoms with Gasteiger partial charge in [0.1, 0.15) is 5.82 Å². The Labute approximate surface area is 156 Å². The third-order valence-corrected chi connectivity index (χ3v) is 4.87. The molecule has 2 aromatic rings. The summed E-state index contributed by atoms with van der Waals surface area (Å²) in [5, 5.41) is 2.79. The second-order valence-electron chi connectivity index (χ2n) is 6.75. The molecule has 1 atom stereocenters. The molecule has 7 heteroatoms. The number of nitrogens with zero attached hydrogens (tertiary/aromatic N) is 2. The molecule has 0 radical (unpaired) electrons. The fourth-order valence-electron chi connectivity index (χ4n) is 3.21. The van der Waals surface area contributed by atoms with Gasteiger partial charge < -0.3 is 10.2 Å². The molecule has 0 saturated carbocycles. The topological polar surface area (TPSA) is 35.6 Å². The molecule has 27 heavy (non-hydrogen) atoms. The van der Waals surface area contributed by atoms with E-state index in [1.54, 1.807) is 12.1 Å². The molecule has 0 bridgehead atoms. The minimum absolute atomic E-state index is 0.0603. The zero-order valence-electron chi connectivity index (χ0n) is 15.1. The molecule has 1 fully saturated rings. The maximum Gasteiger partial charge on any atom is 0.251 e. The van der Waals surface area contributed by atoms with Gasteiger partial charge in [0.2, 0.25) is 0 Å². The minimum Gasteiger partial charge on any atom is -0.350 e. The number of likely N-dealkylation sites (N-methyl/N-ethyl adjacent to an activating group) is 1. The Balaban J connectivity index is 1.73. The zero-order chi connectivity index (χ0) is 19.4. The van der Waals surface area contributed by atoms with Crippen LogP contribution in [0.2, 0.25) is 0 Å². The molecule has 0 unspecified atom stereocenters. The van der Waals surface area contributed by atoms with Crippen molar-refractivity contribution in [1.82, 2.24) is 15.1 Å². The van der Waals surface area contributed by atoms with Crippen molar-refractivity contribution in [3.63, 3.8) is 0 Å². The summed E-state index contributed by atoms with van der Waals surface area (Å²) in [4.78, 5) is 16.8. The SMILES string of the molecule is CN1CCN([C@@H](CNC(=O)c2ccc(F)c(F)c2)c2ccc(F)cc2)CC1. The van der Waals surface area contributed by atoms with E-state index < -0.39 is 17.5 Å². The summed E-state index contributed by atoms with van der Waals surface area (Å²) in [5.41, 5.74) is 0.955. The molecule has 1 amide bonds. The van der Waals surface area contributed by atoms with Crippen LogP contribution in [0.25, 0.3) is 0 Å². The van der Waals surface area contributed by atoms with Gasteiger partial charge in [-0.05, 0) is 42.9 Å². The van der Waals surface area contributed by atoms with E-state index in [1.807, 2.05) is 0 Å². The van der Waals surface area contributed by atoms with Gasteiger partial charge in [-0.15, -0.1) is 0 Å². The molecule has 2 aromatic carbocycles. The third kappa shape index (κ3) is 4.87. The maximum absolute atomic E-state index is 13.4. The number of benzene rings is 2. The first-order valence-electron chi connectivity index (χ1n) is 8.85. The molecule has 1 heterocycles. The Bertz CT molecular complexity index is 790. The number of hydrogen-bond acceptors (Lipinski definition) is 3. The van der Waals surface area contributed by atoms with E-state index in [-0.39, 0.29) is 24.0 Å². The first-order valence-corrected chi connectivity index (χ1v) is 8.85. The standard InChI is InChI=1S/C20H22F3N3O/c1-25-8-10-26(11-9-25)19(14-2-5-16(21)6-3-14)13-24-20(27)15-4-7-17(22)18(23)12-15/h2-7,12,19H,8-11,13H2,1H3,(H,24,27)/t19-/m0/s1. The van der Waals surface area contributed by atoms with Gasteiger partial charge in [-0.2, -0.15) is 0 Å². The van der Waals surface area contributed by atoms with Crippen molar-refractivity contribution < 1.29 is 18.0 Å². The van der Waals surface area contributed by atoms with Crippen LogP contribution in [0.5, 0.6) is 0 Å². The average Bonchev–Trinajstić information content (AvgIpc) is 2.66. The molecule has 1 saturated heterocycles. The zero-order valence-corrected chi connectivity index (χ0v) is 15.1. The Morgan fingerprint density at radius 2 is 1.67 bits per heavy atom. The second kappa shape index (κ2) is 8.54. The van der Waals surface area contributed by atoms with E-state index in [2.05, 4.69) is 22.2 Å². The van der Waals surface area contributed by atoms with E-state index in [0.717, 1.165) is 43.9 Å². The first-order chi connectivity index (χ1) is 12.9. The van der Waals surface area contributed by atoms with Crippen molar-refractivity contribution in [2.45, 2.75) is 6.04 Å². The molecule has 1 N–H and O–H groups in total. The summed E-state index contributed by atoms with van der Waals surface area (Å²) >= 11 is 0. The molecule has 3 rings (SSSR count). The van der Waals surface area contributed by atoms with Crippen LogP contribution in [0.4, 0.5) is 13.2 Å². The molecule has 0 spiro atoms. The average molecular weight is 377 g/mol. The Morgan fingerprint density at radius 1 is 1.00 bits per heavy atom. The summed E-state index contributed by atoms with van der Waals surface area (Å²) in [6.45, 7) is 3.72. The van der Waals surface area contributed by atoms with Crippen molar-refractivity contribution in [3.05, 3.63) is 71.0 Å². The van der Waals surface area contributed by atoms with E-state index in [0.29, 0.717) is 0 Å². The van der Waals surface area contributed by atoms with Crippen LogP contribution in [0, 0.1) is 17.5 Å². The van der Waals surface area contributed by atoms with Gasteiger partial charge in [-0.1, -0.05) is 12.1 Å². The van der Waals surface area contributed by atoms with Crippen molar-refractivity contribution in [1.29, 1.82) is 0 Å².